The number of carbonyl (C=O) groups is 2. The molecule has 1 amide bonds. The van der Waals surface area contributed by atoms with Crippen molar-refractivity contribution in [3.63, 3.8) is 0 Å². The number of aromatic carboxylic acids is 1. The molecule has 0 fully saturated rings. The molecule has 0 saturated carbocycles. The van der Waals surface area contributed by atoms with Crippen molar-refractivity contribution in [3.8, 4) is 10.4 Å². The summed E-state index contributed by atoms with van der Waals surface area (Å²) in [6.45, 7) is 0. The van der Waals surface area contributed by atoms with Crippen LogP contribution in [0.2, 0.25) is 0 Å². The predicted molar refractivity (Wildman–Crippen MR) is 111 cm³/mol. The van der Waals surface area contributed by atoms with E-state index in [1.807, 2.05) is 60.7 Å². The Kier molecular flexibility index (Phi) is 4.51. The molecular formula is C21H15NO3S2. The van der Waals surface area contributed by atoms with Crippen LogP contribution in [0.25, 0.3) is 20.5 Å². The highest BCUT2D eigenvalue weighted by atomic mass is 32.1. The van der Waals surface area contributed by atoms with Gasteiger partial charge >= 0.3 is 5.97 Å². The highest BCUT2D eigenvalue weighted by molar-refractivity contribution is 7.21. The van der Waals surface area contributed by atoms with Crippen LogP contribution in [0, 0.1) is 0 Å². The number of fused-ring (bicyclic) bond motifs is 1. The average molecular weight is 393 g/mol. The number of hydrogen-bond donors (Lipinski definition) is 1. The molecule has 134 valence electrons. The molecule has 4 aromatic rings. The van der Waals surface area contributed by atoms with E-state index in [4.69, 9.17) is 0 Å². The van der Waals surface area contributed by atoms with Crippen LogP contribution < -0.4 is 4.90 Å². The number of carboxylic acids is 1. The second-order valence-electron chi connectivity index (χ2n) is 6.01. The maximum atomic E-state index is 13.0. The van der Waals surface area contributed by atoms with Gasteiger partial charge in [0, 0.05) is 16.6 Å². The lowest BCUT2D eigenvalue weighted by Gasteiger charge is -2.15. The SMILES string of the molecule is CN(C(=O)c1cc2ccccc2s1)c1cc(-c2ccccc2)sc1C(=O)O. The van der Waals surface area contributed by atoms with Crippen molar-refractivity contribution >= 4 is 50.3 Å². The van der Waals surface area contributed by atoms with Crippen LogP contribution in [-0.4, -0.2) is 24.0 Å². The molecule has 0 unspecified atom stereocenters. The summed E-state index contributed by atoms with van der Waals surface area (Å²) in [5.74, 6) is -1.25. The second-order valence-corrected chi connectivity index (χ2v) is 8.14. The number of rotatable bonds is 4. The summed E-state index contributed by atoms with van der Waals surface area (Å²) < 4.78 is 1.03. The number of carbonyl (C=O) groups excluding carboxylic acids is 1. The molecule has 0 spiro atoms. The molecule has 27 heavy (non-hydrogen) atoms. The summed E-state index contributed by atoms with van der Waals surface area (Å²) in [7, 11) is 1.62. The Morgan fingerprint density at radius 1 is 0.926 bits per heavy atom. The molecule has 0 aliphatic rings. The van der Waals surface area contributed by atoms with Gasteiger partial charge in [0.25, 0.3) is 5.91 Å². The molecule has 6 heteroatoms. The topological polar surface area (TPSA) is 57.6 Å². The summed E-state index contributed by atoms with van der Waals surface area (Å²) in [5.41, 5.74) is 1.34. The largest absolute Gasteiger partial charge is 0.477 e. The average Bonchev–Trinajstić information content (AvgIpc) is 3.32. The van der Waals surface area contributed by atoms with Crippen molar-refractivity contribution in [2.24, 2.45) is 0 Å². The van der Waals surface area contributed by atoms with Crippen LogP contribution in [0.4, 0.5) is 5.69 Å². The zero-order valence-electron chi connectivity index (χ0n) is 14.4. The number of hydrogen-bond acceptors (Lipinski definition) is 4. The Morgan fingerprint density at radius 3 is 2.33 bits per heavy atom. The number of carboxylic acid groups (broad SMARTS) is 1. The van der Waals surface area contributed by atoms with Crippen LogP contribution >= 0.6 is 22.7 Å². The minimum Gasteiger partial charge on any atom is -0.477 e. The van der Waals surface area contributed by atoms with Crippen molar-refractivity contribution in [1.82, 2.24) is 0 Å². The van der Waals surface area contributed by atoms with E-state index in [1.165, 1.54) is 27.6 Å². The third-order valence-corrected chi connectivity index (χ3v) is 6.53. The third-order valence-electron chi connectivity index (χ3n) is 4.27. The third kappa shape index (κ3) is 3.25. The van der Waals surface area contributed by atoms with Gasteiger partial charge in [0.1, 0.15) is 4.88 Å². The van der Waals surface area contributed by atoms with E-state index in [-0.39, 0.29) is 10.8 Å². The molecular weight excluding hydrogens is 378 g/mol. The Hall–Kier alpha value is -2.96. The fourth-order valence-electron chi connectivity index (χ4n) is 2.89. The van der Waals surface area contributed by atoms with Gasteiger partial charge in [-0.25, -0.2) is 4.79 Å². The number of thiophene rings is 2. The lowest BCUT2D eigenvalue weighted by Crippen LogP contribution is -2.26. The highest BCUT2D eigenvalue weighted by Gasteiger charge is 2.24. The Bertz CT molecular complexity index is 1110. The van der Waals surface area contributed by atoms with Gasteiger partial charge in [-0.15, -0.1) is 22.7 Å². The van der Waals surface area contributed by atoms with E-state index in [0.717, 1.165) is 20.5 Å². The smallest absolute Gasteiger partial charge is 0.348 e. The van der Waals surface area contributed by atoms with E-state index >= 15 is 0 Å². The summed E-state index contributed by atoms with van der Waals surface area (Å²) in [6.07, 6.45) is 0. The molecule has 4 rings (SSSR count). The molecule has 0 saturated heterocycles. The van der Waals surface area contributed by atoms with E-state index in [2.05, 4.69) is 0 Å². The molecule has 0 atom stereocenters. The number of nitrogens with zero attached hydrogens (tertiary/aromatic N) is 1. The normalized spacial score (nSPS) is 10.9. The molecule has 0 bridgehead atoms. The van der Waals surface area contributed by atoms with Crippen molar-refractivity contribution in [2.75, 3.05) is 11.9 Å². The van der Waals surface area contributed by atoms with Crippen molar-refractivity contribution in [1.29, 1.82) is 0 Å². The summed E-state index contributed by atoms with van der Waals surface area (Å²) in [5, 5.41) is 10.6. The van der Waals surface area contributed by atoms with E-state index in [1.54, 1.807) is 13.1 Å². The van der Waals surface area contributed by atoms with Crippen LogP contribution in [0.5, 0.6) is 0 Å². The van der Waals surface area contributed by atoms with Crippen LogP contribution in [0.1, 0.15) is 19.3 Å². The minimum atomic E-state index is -1.03. The van der Waals surface area contributed by atoms with Crippen molar-refractivity contribution in [3.05, 3.63) is 76.5 Å². The van der Waals surface area contributed by atoms with Gasteiger partial charge in [0.05, 0.1) is 10.6 Å². The number of benzene rings is 2. The summed E-state index contributed by atoms with van der Waals surface area (Å²) in [4.78, 5) is 27.7. The first-order valence-corrected chi connectivity index (χ1v) is 9.87. The first kappa shape index (κ1) is 17.5. The van der Waals surface area contributed by atoms with E-state index in [0.29, 0.717) is 10.6 Å². The first-order valence-electron chi connectivity index (χ1n) is 8.24. The predicted octanol–water partition coefficient (Wildman–Crippen LogP) is 5.60. The molecule has 4 nitrogen and oxygen atoms in total. The number of amides is 1. The maximum absolute atomic E-state index is 13.0. The van der Waals surface area contributed by atoms with Gasteiger partial charge in [-0.05, 0) is 29.1 Å². The Balaban J connectivity index is 1.74. The second kappa shape index (κ2) is 6.98. The fraction of sp³-hybridized carbons (Fsp3) is 0.0476. The number of anilines is 1. The minimum absolute atomic E-state index is 0.158. The van der Waals surface area contributed by atoms with E-state index in [9.17, 15) is 14.7 Å². The van der Waals surface area contributed by atoms with Gasteiger partial charge in [-0.2, -0.15) is 0 Å². The molecule has 0 radical (unpaired) electrons. The van der Waals surface area contributed by atoms with Crippen molar-refractivity contribution < 1.29 is 14.7 Å². The van der Waals surface area contributed by atoms with Crippen LogP contribution in [-0.2, 0) is 0 Å². The quantitative estimate of drug-likeness (QED) is 0.491. The van der Waals surface area contributed by atoms with E-state index < -0.39 is 5.97 Å². The monoisotopic (exact) mass is 393 g/mol. The first-order chi connectivity index (χ1) is 13.0. The van der Waals surface area contributed by atoms with Crippen molar-refractivity contribution in [2.45, 2.75) is 0 Å². The molecule has 0 aliphatic carbocycles. The lowest BCUT2D eigenvalue weighted by molar-refractivity contribution is 0.0703. The van der Waals surface area contributed by atoms with Gasteiger partial charge in [-0.1, -0.05) is 48.5 Å². The Labute approximate surface area is 163 Å². The highest BCUT2D eigenvalue weighted by Crippen LogP contribution is 2.37. The fourth-order valence-corrected chi connectivity index (χ4v) is 4.96. The molecule has 2 aromatic heterocycles. The van der Waals surface area contributed by atoms with Crippen LogP contribution in [0.15, 0.2) is 66.7 Å². The standard InChI is InChI=1S/C21H15NO3S2/c1-22(20(23)18-11-14-9-5-6-10-16(14)26-18)15-12-17(27-19(15)21(24)25)13-7-3-2-4-8-13/h2-12H,1H3,(H,24,25). The van der Waals surface area contributed by atoms with Gasteiger partial charge in [0.15, 0.2) is 0 Å². The summed E-state index contributed by atoms with van der Waals surface area (Å²) >= 11 is 2.59. The lowest BCUT2D eigenvalue weighted by atomic mass is 10.2. The van der Waals surface area contributed by atoms with Crippen LogP contribution in [0.3, 0.4) is 0 Å². The van der Waals surface area contributed by atoms with Gasteiger partial charge in [-0.3, -0.25) is 4.79 Å². The molecule has 0 aliphatic heterocycles. The molecule has 1 N–H and O–H groups in total. The van der Waals surface area contributed by atoms with Gasteiger partial charge < -0.3 is 10.0 Å². The van der Waals surface area contributed by atoms with Gasteiger partial charge in [0.2, 0.25) is 0 Å². The molecule has 2 aromatic carbocycles. The zero-order valence-corrected chi connectivity index (χ0v) is 16.0. The molecule has 2 heterocycles. The maximum Gasteiger partial charge on any atom is 0.348 e. The summed E-state index contributed by atoms with van der Waals surface area (Å²) in [6, 6.07) is 21.0. The zero-order chi connectivity index (χ0) is 19.0. The Morgan fingerprint density at radius 2 is 1.63 bits per heavy atom.